The number of hydrogen-bond acceptors (Lipinski definition) is 6. The predicted molar refractivity (Wildman–Crippen MR) is 179 cm³/mol. The summed E-state index contributed by atoms with van der Waals surface area (Å²) in [6, 6.07) is 24.1. The molecular weight excluding hydrogens is 683 g/mol. The average molecular weight is 708 g/mol. The fraction of sp³-hybridized carbons (Fsp3) is 0.147. The molecule has 4 aromatic carbocycles. The van der Waals surface area contributed by atoms with E-state index in [0.717, 1.165) is 16.3 Å². The number of esters is 1. The van der Waals surface area contributed by atoms with Crippen molar-refractivity contribution >= 4 is 73.3 Å². The minimum absolute atomic E-state index is 0.181. The van der Waals surface area contributed by atoms with Crippen LogP contribution in [0.15, 0.2) is 104 Å². The summed E-state index contributed by atoms with van der Waals surface area (Å²) in [6.45, 7) is 3.95. The zero-order valence-corrected chi connectivity index (χ0v) is 27.6. The molecule has 5 aromatic rings. The molecule has 0 N–H and O–H groups in total. The monoisotopic (exact) mass is 706 g/mol. The van der Waals surface area contributed by atoms with Gasteiger partial charge in [0.1, 0.15) is 18.4 Å². The Morgan fingerprint density at radius 3 is 2.61 bits per heavy atom. The first-order valence-corrected chi connectivity index (χ1v) is 16.2. The predicted octanol–water partition coefficient (Wildman–Crippen LogP) is 7.60. The van der Waals surface area contributed by atoms with Crippen LogP contribution in [0, 0.1) is 0 Å². The van der Waals surface area contributed by atoms with Crippen LogP contribution >= 0.6 is 50.5 Å². The van der Waals surface area contributed by atoms with Gasteiger partial charge >= 0.3 is 5.97 Å². The van der Waals surface area contributed by atoms with Crippen molar-refractivity contribution in [1.29, 1.82) is 0 Å². The van der Waals surface area contributed by atoms with E-state index in [0.29, 0.717) is 53.0 Å². The summed E-state index contributed by atoms with van der Waals surface area (Å²) in [5, 5.41) is 3.12. The first kappa shape index (κ1) is 30.3. The highest BCUT2D eigenvalue weighted by molar-refractivity contribution is 9.10. The smallest absolute Gasteiger partial charge is 0.338 e. The van der Waals surface area contributed by atoms with E-state index in [2.05, 4.69) is 39.1 Å². The molecule has 0 radical (unpaired) electrons. The minimum Gasteiger partial charge on any atom is -0.487 e. The maximum Gasteiger partial charge on any atom is 0.338 e. The summed E-state index contributed by atoms with van der Waals surface area (Å²) < 4.78 is 14.3. The van der Waals surface area contributed by atoms with Gasteiger partial charge in [0, 0.05) is 15.6 Å². The molecule has 1 aliphatic heterocycles. The molecule has 0 spiro atoms. The Morgan fingerprint density at radius 1 is 1.07 bits per heavy atom. The van der Waals surface area contributed by atoms with Crippen LogP contribution in [0.25, 0.3) is 16.8 Å². The molecule has 0 saturated carbocycles. The lowest BCUT2D eigenvalue weighted by Gasteiger charge is -2.25. The Kier molecular flexibility index (Phi) is 8.78. The second-order valence-corrected chi connectivity index (χ2v) is 12.8. The van der Waals surface area contributed by atoms with E-state index in [4.69, 9.17) is 32.7 Å². The lowest BCUT2D eigenvalue weighted by atomic mass is 9.96. The van der Waals surface area contributed by atoms with Crippen molar-refractivity contribution in [2.75, 3.05) is 6.61 Å². The summed E-state index contributed by atoms with van der Waals surface area (Å²) in [6.07, 6.45) is 1.74. The van der Waals surface area contributed by atoms with E-state index in [9.17, 15) is 9.59 Å². The highest BCUT2D eigenvalue weighted by Gasteiger charge is 2.34. The van der Waals surface area contributed by atoms with Crippen molar-refractivity contribution in [3.8, 4) is 5.75 Å². The van der Waals surface area contributed by atoms with Crippen molar-refractivity contribution in [3.63, 3.8) is 0 Å². The van der Waals surface area contributed by atoms with Crippen LogP contribution in [0.4, 0.5) is 0 Å². The first-order chi connectivity index (χ1) is 21.3. The standard InChI is InChI=1S/C34H25BrCl2N2O4S/c1-3-42-33(41)29-19(2)38-34-39(30(29)25-13-6-7-14-27(25)37)32(40)28(44-34)16-22-15-23(36)17-26(35)31(22)43-18-21-11-8-10-20-9-4-5-12-24(20)21/h4-17,30H,3,18H2,1-2H3/b28-16-/t30-/m0/s1. The SMILES string of the molecule is CCOC(=O)C1=C(C)N=c2s/c(=C\c3cc(Cl)cc(Br)c3OCc3cccc4ccccc34)c(=O)n2[C@H]1c1ccccc1Cl. The van der Waals surface area contributed by atoms with Crippen LogP contribution in [0.5, 0.6) is 5.75 Å². The molecule has 0 bridgehead atoms. The quantitative estimate of drug-likeness (QED) is 0.164. The van der Waals surface area contributed by atoms with Gasteiger partial charge in [0.05, 0.1) is 26.9 Å². The second-order valence-electron chi connectivity index (χ2n) is 10.1. The number of aromatic nitrogens is 1. The second kappa shape index (κ2) is 12.7. The van der Waals surface area contributed by atoms with E-state index < -0.39 is 12.0 Å². The molecular formula is C34H25BrCl2N2O4S. The number of allylic oxidation sites excluding steroid dienone is 1. The molecule has 1 atom stereocenters. The number of fused-ring (bicyclic) bond motifs is 2. The number of carbonyl (C=O) groups excluding carboxylic acids is 1. The maximum atomic E-state index is 14.1. The Labute approximate surface area is 275 Å². The van der Waals surface area contributed by atoms with Gasteiger partial charge in [0.25, 0.3) is 5.56 Å². The highest BCUT2D eigenvalue weighted by atomic mass is 79.9. The number of carbonyl (C=O) groups is 1. The summed E-state index contributed by atoms with van der Waals surface area (Å²) >= 11 is 17.9. The van der Waals surface area contributed by atoms with Gasteiger partial charge in [0.15, 0.2) is 4.80 Å². The Hall–Kier alpha value is -3.69. The fourth-order valence-electron chi connectivity index (χ4n) is 5.33. The lowest BCUT2D eigenvalue weighted by molar-refractivity contribution is -0.139. The van der Waals surface area contributed by atoms with E-state index in [-0.39, 0.29) is 17.7 Å². The molecule has 0 fully saturated rings. The maximum absolute atomic E-state index is 14.1. The van der Waals surface area contributed by atoms with E-state index >= 15 is 0 Å². The summed E-state index contributed by atoms with van der Waals surface area (Å²) in [5.74, 6) is -0.00457. The average Bonchev–Trinajstić information content (AvgIpc) is 3.30. The molecule has 1 aromatic heterocycles. The fourth-order valence-corrected chi connectivity index (χ4v) is 7.56. The van der Waals surface area contributed by atoms with Gasteiger partial charge < -0.3 is 9.47 Å². The van der Waals surface area contributed by atoms with Crippen LogP contribution < -0.4 is 19.6 Å². The molecule has 1 aliphatic rings. The van der Waals surface area contributed by atoms with Gasteiger partial charge in [-0.1, -0.05) is 95.2 Å². The van der Waals surface area contributed by atoms with Crippen molar-refractivity contribution in [2.24, 2.45) is 4.99 Å². The van der Waals surface area contributed by atoms with Crippen LogP contribution in [0.1, 0.15) is 36.6 Å². The summed E-state index contributed by atoms with van der Waals surface area (Å²) in [5.41, 5.74) is 2.64. The van der Waals surface area contributed by atoms with Crippen LogP contribution in [0.3, 0.4) is 0 Å². The molecule has 0 aliphatic carbocycles. The van der Waals surface area contributed by atoms with Crippen molar-refractivity contribution < 1.29 is 14.3 Å². The Morgan fingerprint density at radius 2 is 1.82 bits per heavy atom. The number of ether oxygens (including phenoxy) is 2. The normalized spacial score (nSPS) is 14.8. The largest absolute Gasteiger partial charge is 0.487 e. The zero-order valence-electron chi connectivity index (χ0n) is 23.6. The van der Waals surface area contributed by atoms with Gasteiger partial charge in [-0.15, -0.1) is 0 Å². The van der Waals surface area contributed by atoms with E-state index in [1.807, 2.05) is 30.3 Å². The minimum atomic E-state index is -0.811. The third-order valence-corrected chi connectivity index (χ3v) is 9.43. The highest BCUT2D eigenvalue weighted by Crippen LogP contribution is 2.36. The molecule has 2 heterocycles. The van der Waals surface area contributed by atoms with Gasteiger partial charge in [-0.05, 0) is 76.0 Å². The van der Waals surface area contributed by atoms with Gasteiger partial charge in [-0.2, -0.15) is 0 Å². The number of hydrogen-bond donors (Lipinski definition) is 0. The molecule has 222 valence electrons. The van der Waals surface area contributed by atoms with Crippen LogP contribution in [0.2, 0.25) is 10.0 Å². The molecule has 10 heteroatoms. The molecule has 6 nitrogen and oxygen atoms in total. The number of halogens is 3. The molecule has 44 heavy (non-hydrogen) atoms. The van der Waals surface area contributed by atoms with Crippen LogP contribution in [-0.2, 0) is 16.1 Å². The van der Waals surface area contributed by atoms with Gasteiger partial charge in [-0.3, -0.25) is 9.36 Å². The van der Waals surface area contributed by atoms with Crippen molar-refractivity contribution in [3.05, 3.63) is 141 Å². The van der Waals surface area contributed by atoms with Crippen molar-refractivity contribution in [1.82, 2.24) is 4.57 Å². The van der Waals surface area contributed by atoms with Gasteiger partial charge in [0.2, 0.25) is 0 Å². The molecule has 0 unspecified atom stereocenters. The Balaban J connectivity index is 1.48. The van der Waals surface area contributed by atoms with E-state index in [1.165, 1.54) is 15.9 Å². The number of benzene rings is 4. The molecule has 0 amide bonds. The molecule has 0 saturated heterocycles. The first-order valence-electron chi connectivity index (χ1n) is 13.8. The third kappa shape index (κ3) is 5.75. The van der Waals surface area contributed by atoms with Crippen LogP contribution in [-0.4, -0.2) is 17.1 Å². The number of nitrogens with zero attached hydrogens (tertiary/aromatic N) is 2. The number of rotatable bonds is 7. The summed E-state index contributed by atoms with van der Waals surface area (Å²) in [7, 11) is 0. The van der Waals surface area contributed by atoms with Gasteiger partial charge in [-0.25, -0.2) is 9.79 Å². The topological polar surface area (TPSA) is 69.9 Å². The van der Waals surface area contributed by atoms with Crippen molar-refractivity contribution in [2.45, 2.75) is 26.5 Å². The number of thiazole rings is 1. The van der Waals surface area contributed by atoms with E-state index in [1.54, 1.807) is 50.3 Å². The zero-order chi connectivity index (χ0) is 31.0. The third-order valence-electron chi connectivity index (χ3n) is 7.29. The molecule has 6 rings (SSSR count). The lowest BCUT2D eigenvalue weighted by Crippen LogP contribution is -2.40. The Bertz CT molecular complexity index is 2150. The summed E-state index contributed by atoms with van der Waals surface area (Å²) in [4.78, 5) is 32.4.